The van der Waals surface area contributed by atoms with E-state index in [-0.39, 0.29) is 0 Å². The van der Waals surface area contributed by atoms with Gasteiger partial charge in [-0.1, -0.05) is 91.0 Å². The van der Waals surface area contributed by atoms with Gasteiger partial charge in [0.25, 0.3) is 0 Å². The van der Waals surface area contributed by atoms with Crippen LogP contribution in [0.2, 0.25) is 0 Å². The van der Waals surface area contributed by atoms with Crippen LogP contribution in [0.3, 0.4) is 0 Å². The highest BCUT2D eigenvalue weighted by Gasteiger charge is 2.21. The Hall–Kier alpha value is -5.48. The lowest BCUT2D eigenvalue weighted by molar-refractivity contribution is 0.669. The Balaban J connectivity index is 1.45. The van der Waals surface area contributed by atoms with Crippen LogP contribution >= 0.6 is 0 Å². The highest BCUT2D eigenvalue weighted by molar-refractivity contribution is 6.23. The fourth-order valence-corrected chi connectivity index (χ4v) is 6.17. The lowest BCUT2D eigenvalue weighted by Gasteiger charge is -2.13. The molecule has 3 heterocycles. The summed E-state index contributed by atoms with van der Waals surface area (Å²) in [5, 5.41) is 7.01. The van der Waals surface area contributed by atoms with Crippen molar-refractivity contribution in [2.75, 3.05) is 0 Å². The van der Waals surface area contributed by atoms with Crippen molar-refractivity contribution in [3.05, 3.63) is 127 Å². The maximum atomic E-state index is 6.49. The fourth-order valence-electron chi connectivity index (χ4n) is 6.17. The van der Waals surface area contributed by atoms with E-state index in [4.69, 9.17) is 14.4 Å². The van der Waals surface area contributed by atoms with Crippen molar-refractivity contribution >= 4 is 65.6 Å². The second-order valence-corrected chi connectivity index (χ2v) is 10.2. The van der Waals surface area contributed by atoms with E-state index in [1.165, 1.54) is 16.2 Å². The molecule has 0 radical (unpaired) electrons. The van der Waals surface area contributed by atoms with E-state index >= 15 is 0 Å². The summed E-state index contributed by atoms with van der Waals surface area (Å²) < 4.78 is 8.74. The standard InChI is InChI=1S/C36H21N3O/c1-2-11-23(12-3-1)35-36(38-29-16-8-7-15-28(29)37-35)39-30-17-9-6-14-25(30)26-20-27-33(21-31(26)39)40-32-19-18-22-10-4-5-13-24(22)34(27)32/h1-21H. The number of rotatable bonds is 2. The zero-order valence-corrected chi connectivity index (χ0v) is 21.4. The smallest absolute Gasteiger partial charge is 0.165 e. The predicted octanol–water partition coefficient (Wildman–Crippen LogP) is 9.45. The van der Waals surface area contributed by atoms with Crippen molar-refractivity contribution in [2.24, 2.45) is 0 Å². The predicted molar refractivity (Wildman–Crippen MR) is 164 cm³/mol. The summed E-state index contributed by atoms with van der Waals surface area (Å²) in [6, 6.07) is 44.1. The first-order valence-electron chi connectivity index (χ1n) is 13.4. The molecular weight excluding hydrogens is 490 g/mol. The van der Waals surface area contributed by atoms with Gasteiger partial charge in [0.2, 0.25) is 0 Å². The van der Waals surface area contributed by atoms with Gasteiger partial charge in [-0.15, -0.1) is 0 Å². The minimum absolute atomic E-state index is 0.803. The van der Waals surface area contributed by atoms with Crippen LogP contribution in [-0.4, -0.2) is 14.5 Å². The molecule has 0 unspecified atom stereocenters. The minimum atomic E-state index is 0.803. The minimum Gasteiger partial charge on any atom is -0.456 e. The number of hydrogen-bond acceptors (Lipinski definition) is 3. The number of aromatic nitrogens is 3. The molecule has 0 fully saturated rings. The highest BCUT2D eigenvalue weighted by atomic mass is 16.3. The van der Waals surface area contributed by atoms with Crippen molar-refractivity contribution in [1.82, 2.24) is 14.5 Å². The molecule has 0 atom stereocenters. The first-order chi connectivity index (χ1) is 19.8. The lowest BCUT2D eigenvalue weighted by Crippen LogP contribution is -2.03. The van der Waals surface area contributed by atoms with Gasteiger partial charge in [-0.05, 0) is 41.1 Å². The van der Waals surface area contributed by atoms with Gasteiger partial charge in [0.05, 0.1) is 22.1 Å². The molecule has 0 N–H and O–H groups in total. The van der Waals surface area contributed by atoms with Crippen molar-refractivity contribution < 1.29 is 4.42 Å². The summed E-state index contributed by atoms with van der Waals surface area (Å²) >= 11 is 0. The van der Waals surface area contributed by atoms with Gasteiger partial charge in [-0.2, -0.15) is 0 Å². The summed E-state index contributed by atoms with van der Waals surface area (Å²) in [4.78, 5) is 10.4. The number of benzene rings is 6. The third-order valence-corrected chi connectivity index (χ3v) is 7.97. The molecule has 9 rings (SSSR count). The third-order valence-electron chi connectivity index (χ3n) is 7.97. The molecule has 0 amide bonds. The Bertz CT molecular complexity index is 2430. The molecule has 0 aliphatic heterocycles. The second kappa shape index (κ2) is 8.01. The summed E-state index contributed by atoms with van der Waals surface area (Å²) in [6.07, 6.45) is 0. The Morgan fingerprint density at radius 3 is 2.10 bits per heavy atom. The van der Waals surface area contributed by atoms with Gasteiger partial charge in [0.15, 0.2) is 5.82 Å². The Morgan fingerprint density at radius 2 is 1.23 bits per heavy atom. The quantitative estimate of drug-likeness (QED) is 0.232. The monoisotopic (exact) mass is 511 g/mol. The normalized spacial score (nSPS) is 12.0. The molecular formula is C36H21N3O. The van der Waals surface area contributed by atoms with E-state index in [0.717, 1.165) is 66.5 Å². The number of furan rings is 1. The van der Waals surface area contributed by atoms with E-state index in [2.05, 4.69) is 89.5 Å². The maximum absolute atomic E-state index is 6.49. The topological polar surface area (TPSA) is 43.9 Å². The zero-order valence-electron chi connectivity index (χ0n) is 21.4. The van der Waals surface area contributed by atoms with Crippen molar-refractivity contribution in [3.63, 3.8) is 0 Å². The van der Waals surface area contributed by atoms with Crippen molar-refractivity contribution in [2.45, 2.75) is 0 Å². The van der Waals surface area contributed by atoms with Crippen LogP contribution in [0, 0.1) is 0 Å². The Morgan fingerprint density at radius 1 is 0.500 bits per heavy atom. The van der Waals surface area contributed by atoms with E-state index in [0.29, 0.717) is 0 Å². The van der Waals surface area contributed by atoms with Gasteiger partial charge < -0.3 is 4.42 Å². The third kappa shape index (κ3) is 2.96. The van der Waals surface area contributed by atoms with Gasteiger partial charge in [0.1, 0.15) is 16.9 Å². The Kier molecular flexibility index (Phi) is 4.30. The van der Waals surface area contributed by atoms with Crippen LogP contribution in [0.25, 0.3) is 82.6 Å². The van der Waals surface area contributed by atoms with Crippen molar-refractivity contribution in [3.8, 4) is 17.1 Å². The zero-order chi connectivity index (χ0) is 26.2. The molecule has 3 aromatic heterocycles. The largest absolute Gasteiger partial charge is 0.456 e. The van der Waals surface area contributed by atoms with E-state index in [1.54, 1.807) is 0 Å². The SMILES string of the molecule is c1ccc(-c2nc3ccccc3nc2-n2c3ccccc3c3cc4c(cc32)oc2ccc3ccccc3c24)cc1. The molecule has 0 bridgehead atoms. The molecule has 0 spiro atoms. The number of para-hydroxylation sites is 3. The van der Waals surface area contributed by atoms with E-state index in [9.17, 15) is 0 Å². The number of hydrogen-bond donors (Lipinski definition) is 0. The van der Waals surface area contributed by atoms with Gasteiger partial charge in [0, 0.05) is 33.2 Å². The molecule has 0 saturated heterocycles. The molecule has 6 aromatic carbocycles. The molecule has 40 heavy (non-hydrogen) atoms. The molecule has 0 saturated carbocycles. The summed E-state index contributed by atoms with van der Waals surface area (Å²) in [7, 11) is 0. The number of nitrogens with zero attached hydrogens (tertiary/aromatic N) is 3. The molecule has 186 valence electrons. The van der Waals surface area contributed by atoms with Gasteiger partial charge in [-0.25, -0.2) is 9.97 Å². The average molecular weight is 512 g/mol. The van der Waals surface area contributed by atoms with Crippen LogP contribution in [-0.2, 0) is 0 Å². The molecule has 4 heteroatoms. The first-order valence-corrected chi connectivity index (χ1v) is 13.4. The lowest BCUT2D eigenvalue weighted by atomic mass is 10.0. The molecule has 9 aromatic rings. The van der Waals surface area contributed by atoms with Crippen LogP contribution in [0.1, 0.15) is 0 Å². The summed E-state index contributed by atoms with van der Waals surface area (Å²) in [5.41, 5.74) is 7.48. The molecule has 0 aliphatic rings. The fraction of sp³-hybridized carbons (Fsp3) is 0. The Labute approximate surface area is 228 Å². The van der Waals surface area contributed by atoms with E-state index < -0.39 is 0 Å². The van der Waals surface area contributed by atoms with Crippen LogP contribution < -0.4 is 0 Å². The molecule has 0 aliphatic carbocycles. The second-order valence-electron chi connectivity index (χ2n) is 10.2. The van der Waals surface area contributed by atoms with E-state index in [1.807, 2.05) is 42.5 Å². The average Bonchev–Trinajstić information content (AvgIpc) is 3.54. The maximum Gasteiger partial charge on any atom is 0.165 e. The summed E-state index contributed by atoms with van der Waals surface area (Å²) in [5.74, 6) is 0.803. The van der Waals surface area contributed by atoms with Crippen LogP contribution in [0.4, 0.5) is 0 Å². The highest BCUT2D eigenvalue weighted by Crippen LogP contribution is 2.41. The number of fused-ring (bicyclic) bond motifs is 9. The molecule has 4 nitrogen and oxygen atoms in total. The van der Waals surface area contributed by atoms with Gasteiger partial charge in [-0.3, -0.25) is 4.57 Å². The van der Waals surface area contributed by atoms with Crippen LogP contribution in [0.5, 0.6) is 0 Å². The summed E-state index contributed by atoms with van der Waals surface area (Å²) in [6.45, 7) is 0. The van der Waals surface area contributed by atoms with Gasteiger partial charge >= 0.3 is 0 Å². The van der Waals surface area contributed by atoms with Crippen molar-refractivity contribution in [1.29, 1.82) is 0 Å². The van der Waals surface area contributed by atoms with Crippen LogP contribution in [0.15, 0.2) is 132 Å². The first kappa shape index (κ1) is 21.5.